The third-order valence-corrected chi connectivity index (χ3v) is 1.60. The second-order valence-corrected chi connectivity index (χ2v) is 2.88. The van der Waals surface area contributed by atoms with Gasteiger partial charge in [-0.15, -0.1) is 5.26 Å². The highest BCUT2D eigenvalue weighted by molar-refractivity contribution is 5.73. The molecular formula is C11H10N2O3. The molecule has 0 aromatic carbocycles. The van der Waals surface area contributed by atoms with Crippen molar-refractivity contribution in [1.29, 1.82) is 10.5 Å². The molecule has 0 aliphatic carbocycles. The van der Waals surface area contributed by atoms with E-state index in [4.69, 9.17) is 15.6 Å². The van der Waals surface area contributed by atoms with Crippen molar-refractivity contribution in [2.75, 3.05) is 0 Å². The molecule has 1 atom stereocenters. The van der Waals surface area contributed by atoms with Crippen LogP contribution in [0, 0.1) is 28.8 Å². The number of aliphatic carboxylic acids is 1. The molecule has 0 aliphatic rings. The highest BCUT2D eigenvalue weighted by atomic mass is 16.5. The maximum atomic E-state index is 10.5. The summed E-state index contributed by atoms with van der Waals surface area (Å²) in [6.45, 7) is 6.97. The van der Waals surface area contributed by atoms with Crippen molar-refractivity contribution < 1.29 is 14.6 Å². The molecule has 0 saturated heterocycles. The summed E-state index contributed by atoms with van der Waals surface area (Å²) in [6, 6.07) is 1.64. The number of hydrogen-bond donors (Lipinski definition) is 1. The Bertz CT molecular complexity index is 410. The van der Waals surface area contributed by atoms with Crippen molar-refractivity contribution >= 4 is 5.97 Å². The molecule has 5 nitrogen and oxygen atoms in total. The van der Waals surface area contributed by atoms with Crippen LogP contribution in [0.5, 0.6) is 0 Å². The quantitative estimate of drug-likeness (QED) is 0.416. The second-order valence-electron chi connectivity index (χ2n) is 2.88. The van der Waals surface area contributed by atoms with E-state index < -0.39 is 11.9 Å². The van der Waals surface area contributed by atoms with E-state index in [0.29, 0.717) is 5.57 Å². The minimum atomic E-state index is -1.19. The van der Waals surface area contributed by atoms with Gasteiger partial charge in [0.05, 0.1) is 6.07 Å². The van der Waals surface area contributed by atoms with Crippen LogP contribution in [0.3, 0.4) is 0 Å². The molecule has 0 heterocycles. The summed E-state index contributed by atoms with van der Waals surface area (Å²) >= 11 is 0. The van der Waals surface area contributed by atoms with Gasteiger partial charge in [-0.25, -0.2) is 0 Å². The number of allylic oxidation sites excluding steroid dienone is 3. The first-order chi connectivity index (χ1) is 7.51. The van der Waals surface area contributed by atoms with E-state index in [1.807, 2.05) is 0 Å². The van der Waals surface area contributed by atoms with E-state index in [-0.39, 0.29) is 12.2 Å². The van der Waals surface area contributed by atoms with Crippen LogP contribution in [-0.4, -0.2) is 11.1 Å². The fraction of sp³-hybridized carbons (Fsp3) is 0.182. The maximum Gasteiger partial charge on any atom is 0.321 e. The normalized spacial score (nSPS) is 11.1. The number of nitrogens with zero attached hydrogens (tertiary/aromatic N) is 2. The summed E-state index contributed by atoms with van der Waals surface area (Å²) in [7, 11) is 0. The molecule has 1 N–H and O–H groups in total. The van der Waals surface area contributed by atoms with E-state index >= 15 is 0 Å². The van der Waals surface area contributed by atoms with E-state index in [2.05, 4.69) is 17.9 Å². The number of carboxylic acids is 1. The standard InChI is InChI=1S/C11H10N2O3/c1-8(3-4-9(2)16-7-13)5-10(6-12)11(14)15/h3-4,10H,1-2,5H2,(H,14,15)/b4-3-. The fourth-order valence-corrected chi connectivity index (χ4v) is 0.822. The van der Waals surface area contributed by atoms with Gasteiger partial charge in [-0.2, -0.15) is 5.26 Å². The molecule has 0 saturated carbocycles. The zero-order valence-corrected chi connectivity index (χ0v) is 8.51. The topological polar surface area (TPSA) is 94.1 Å². The summed E-state index contributed by atoms with van der Waals surface area (Å²) in [4.78, 5) is 10.5. The lowest BCUT2D eigenvalue weighted by molar-refractivity contribution is -0.139. The Morgan fingerprint density at radius 3 is 2.50 bits per heavy atom. The summed E-state index contributed by atoms with van der Waals surface area (Å²) in [5.41, 5.74) is 0.441. The molecule has 5 heteroatoms. The van der Waals surface area contributed by atoms with Crippen LogP contribution in [-0.2, 0) is 9.53 Å². The predicted molar refractivity (Wildman–Crippen MR) is 55.5 cm³/mol. The minimum absolute atomic E-state index is 0.0160. The molecule has 0 aromatic rings. The molecule has 0 amide bonds. The van der Waals surface area contributed by atoms with Crippen molar-refractivity contribution in [1.82, 2.24) is 0 Å². The Kier molecular flexibility index (Phi) is 5.77. The molecule has 82 valence electrons. The number of nitriles is 2. The molecule has 0 radical (unpaired) electrons. The molecular weight excluding hydrogens is 208 g/mol. The van der Waals surface area contributed by atoms with Gasteiger partial charge in [0.2, 0.25) is 0 Å². The number of carboxylic acid groups (broad SMARTS) is 1. The number of rotatable bonds is 6. The molecule has 1 unspecified atom stereocenters. The largest absolute Gasteiger partial charge is 0.480 e. The highest BCUT2D eigenvalue weighted by Crippen LogP contribution is 2.11. The average molecular weight is 218 g/mol. The van der Waals surface area contributed by atoms with E-state index in [9.17, 15) is 4.79 Å². The smallest absolute Gasteiger partial charge is 0.321 e. The fourth-order valence-electron chi connectivity index (χ4n) is 0.822. The zero-order valence-electron chi connectivity index (χ0n) is 8.51. The highest BCUT2D eigenvalue weighted by Gasteiger charge is 2.16. The van der Waals surface area contributed by atoms with Gasteiger partial charge in [0.25, 0.3) is 6.26 Å². The van der Waals surface area contributed by atoms with Gasteiger partial charge in [-0.05, 0) is 12.5 Å². The Balaban J connectivity index is 4.30. The Morgan fingerprint density at radius 1 is 1.44 bits per heavy atom. The van der Waals surface area contributed by atoms with Gasteiger partial charge in [0.15, 0.2) is 0 Å². The molecule has 0 rings (SSSR count). The summed E-state index contributed by atoms with van der Waals surface area (Å²) in [6.07, 6.45) is 4.28. The first-order valence-electron chi connectivity index (χ1n) is 4.24. The maximum absolute atomic E-state index is 10.5. The lowest BCUT2D eigenvalue weighted by atomic mass is 10.0. The lowest BCUT2D eigenvalue weighted by Crippen LogP contribution is -2.11. The van der Waals surface area contributed by atoms with Gasteiger partial charge in [0, 0.05) is 0 Å². The monoisotopic (exact) mass is 218 g/mol. The van der Waals surface area contributed by atoms with Crippen LogP contribution in [0.1, 0.15) is 6.42 Å². The molecule has 0 aromatic heterocycles. The third-order valence-electron chi connectivity index (χ3n) is 1.60. The Labute approximate surface area is 93.2 Å². The van der Waals surface area contributed by atoms with Gasteiger partial charge in [0.1, 0.15) is 11.7 Å². The Morgan fingerprint density at radius 2 is 2.06 bits per heavy atom. The van der Waals surface area contributed by atoms with E-state index in [1.165, 1.54) is 18.4 Å². The average Bonchev–Trinajstić information content (AvgIpc) is 2.23. The number of carbonyl (C=O) groups is 1. The molecule has 0 bridgehead atoms. The van der Waals surface area contributed by atoms with Crippen molar-refractivity contribution in [3.05, 3.63) is 36.6 Å². The summed E-state index contributed by atoms with van der Waals surface area (Å²) < 4.78 is 4.37. The van der Waals surface area contributed by atoms with Crippen LogP contribution < -0.4 is 0 Å². The summed E-state index contributed by atoms with van der Waals surface area (Å²) in [5, 5.41) is 25.3. The van der Waals surface area contributed by atoms with Crippen molar-refractivity contribution in [3.8, 4) is 12.3 Å². The lowest BCUT2D eigenvalue weighted by Gasteiger charge is -2.02. The number of ether oxygens (including phenoxy) is 1. The van der Waals surface area contributed by atoms with Gasteiger partial charge < -0.3 is 9.84 Å². The second kappa shape index (κ2) is 6.86. The first kappa shape index (κ1) is 13.5. The van der Waals surface area contributed by atoms with Crippen LogP contribution in [0.15, 0.2) is 36.6 Å². The van der Waals surface area contributed by atoms with Crippen LogP contribution in [0.4, 0.5) is 0 Å². The van der Waals surface area contributed by atoms with Crippen molar-refractivity contribution in [3.63, 3.8) is 0 Å². The number of hydrogen-bond acceptors (Lipinski definition) is 4. The SMILES string of the molecule is C=C(/C=C\C(=C)OC#N)CC(C#N)C(=O)O. The summed E-state index contributed by atoms with van der Waals surface area (Å²) in [5.74, 6) is -2.20. The van der Waals surface area contributed by atoms with Crippen molar-refractivity contribution in [2.45, 2.75) is 6.42 Å². The van der Waals surface area contributed by atoms with Crippen LogP contribution >= 0.6 is 0 Å². The van der Waals surface area contributed by atoms with Crippen molar-refractivity contribution in [2.24, 2.45) is 5.92 Å². The first-order valence-corrected chi connectivity index (χ1v) is 4.24. The minimum Gasteiger partial charge on any atom is -0.480 e. The molecule has 0 fully saturated rings. The van der Waals surface area contributed by atoms with E-state index in [1.54, 1.807) is 6.07 Å². The molecule has 0 spiro atoms. The van der Waals surface area contributed by atoms with E-state index in [0.717, 1.165) is 0 Å². The Hall–Kier alpha value is -2.53. The molecule has 16 heavy (non-hydrogen) atoms. The van der Waals surface area contributed by atoms with Gasteiger partial charge in [-0.3, -0.25) is 4.79 Å². The van der Waals surface area contributed by atoms with Crippen LogP contribution in [0.2, 0.25) is 0 Å². The predicted octanol–water partition coefficient (Wildman–Crippen LogP) is 1.72. The van der Waals surface area contributed by atoms with Crippen LogP contribution in [0.25, 0.3) is 0 Å². The third kappa shape index (κ3) is 5.25. The van der Waals surface area contributed by atoms with Gasteiger partial charge >= 0.3 is 5.97 Å². The van der Waals surface area contributed by atoms with Gasteiger partial charge in [-0.1, -0.05) is 24.8 Å². The molecule has 0 aliphatic heterocycles. The zero-order chi connectivity index (χ0) is 12.6.